The molecule has 3 aromatic rings. The number of nitrogens with two attached hydrogens (primary N) is 1. The third-order valence-corrected chi connectivity index (χ3v) is 11.3. The number of amides is 4. The molecule has 19 heteroatoms. The van der Waals surface area contributed by atoms with Gasteiger partial charge in [0.25, 0.3) is 0 Å². The highest BCUT2D eigenvalue weighted by molar-refractivity contribution is 6.76. The largest absolute Gasteiger partial charge is 0.495 e. The standard InChI is InChI=1S/C40H58Cl2N8O8Si/c1-39(2,3)57-37(52)48-17-15-47(16-18-48)26-13-14-28(27(43)21-26)50(38(53)58-40(4,5)6)32-23-31(44-24-45-32)46(7)36(51)49(25-56-19-20-59(10,11)12)35-33(41)29(54-8)22-30(55-9)34(35)42/h13-14,21-24H,15-20,25,43H2,1-12H3. The summed E-state index contributed by atoms with van der Waals surface area (Å²) in [4.78, 5) is 57.5. The van der Waals surface area contributed by atoms with Crippen LogP contribution in [0, 0.1) is 0 Å². The number of hydrogen-bond acceptors (Lipinski definition) is 12. The van der Waals surface area contributed by atoms with Gasteiger partial charge in [-0.25, -0.2) is 29.3 Å². The van der Waals surface area contributed by atoms with E-state index < -0.39 is 31.4 Å². The number of hydrogen-bond donors (Lipinski definition) is 1. The highest BCUT2D eigenvalue weighted by atomic mass is 35.5. The maximum absolute atomic E-state index is 14.5. The van der Waals surface area contributed by atoms with Crippen LogP contribution >= 0.6 is 23.2 Å². The predicted molar refractivity (Wildman–Crippen MR) is 236 cm³/mol. The van der Waals surface area contributed by atoms with E-state index in [1.165, 1.54) is 54.4 Å². The van der Waals surface area contributed by atoms with Gasteiger partial charge in [0.05, 0.1) is 31.3 Å². The second-order valence-electron chi connectivity index (χ2n) is 17.1. The molecule has 4 rings (SSSR count). The molecule has 0 saturated carbocycles. The molecule has 2 heterocycles. The minimum atomic E-state index is -1.48. The average molecular weight is 878 g/mol. The maximum Gasteiger partial charge on any atom is 0.420 e. The van der Waals surface area contributed by atoms with Gasteiger partial charge in [-0.05, 0) is 65.8 Å². The number of carbonyl (C=O) groups excluding carboxylic acids is 3. The number of urea groups is 1. The first kappa shape index (κ1) is 47.0. The molecule has 0 aliphatic carbocycles. The smallest absolute Gasteiger partial charge is 0.420 e. The number of halogens is 2. The van der Waals surface area contributed by atoms with Crippen LogP contribution in [0.5, 0.6) is 11.5 Å². The number of carbonyl (C=O) groups is 3. The summed E-state index contributed by atoms with van der Waals surface area (Å²) in [6.45, 7) is 19.6. The molecule has 0 atom stereocenters. The number of anilines is 6. The molecule has 0 spiro atoms. The van der Waals surface area contributed by atoms with E-state index in [1.54, 1.807) is 37.8 Å². The molecule has 16 nitrogen and oxygen atoms in total. The number of benzene rings is 2. The molecule has 59 heavy (non-hydrogen) atoms. The first-order valence-corrected chi connectivity index (χ1v) is 23.6. The Balaban J connectivity index is 1.69. The van der Waals surface area contributed by atoms with E-state index in [0.717, 1.165) is 11.7 Å². The van der Waals surface area contributed by atoms with Crippen LogP contribution < -0.4 is 34.8 Å². The van der Waals surface area contributed by atoms with Gasteiger partial charge in [0.1, 0.15) is 57.4 Å². The Kier molecular flexibility index (Phi) is 15.2. The van der Waals surface area contributed by atoms with Crippen LogP contribution in [0.4, 0.5) is 48.8 Å². The van der Waals surface area contributed by atoms with Crippen molar-refractivity contribution in [1.82, 2.24) is 14.9 Å². The van der Waals surface area contributed by atoms with Crippen molar-refractivity contribution >= 4 is 83.9 Å². The van der Waals surface area contributed by atoms with Crippen molar-refractivity contribution < 1.29 is 38.1 Å². The van der Waals surface area contributed by atoms with Gasteiger partial charge in [-0.3, -0.25) is 9.80 Å². The summed E-state index contributed by atoms with van der Waals surface area (Å²) in [7, 11) is 2.91. The van der Waals surface area contributed by atoms with Crippen LogP contribution in [-0.4, -0.2) is 113 Å². The molecule has 324 valence electrons. The van der Waals surface area contributed by atoms with Gasteiger partial charge < -0.3 is 39.2 Å². The second kappa shape index (κ2) is 19.1. The molecule has 1 saturated heterocycles. The number of methoxy groups -OCH3 is 2. The Bertz CT molecular complexity index is 1950. The van der Waals surface area contributed by atoms with Crippen molar-refractivity contribution in [1.29, 1.82) is 0 Å². The van der Waals surface area contributed by atoms with Crippen LogP contribution in [0.15, 0.2) is 36.7 Å². The molecule has 1 aliphatic rings. The van der Waals surface area contributed by atoms with Crippen molar-refractivity contribution in [2.24, 2.45) is 0 Å². The van der Waals surface area contributed by atoms with Crippen LogP contribution in [0.2, 0.25) is 35.7 Å². The van der Waals surface area contributed by atoms with Crippen LogP contribution in [0.1, 0.15) is 41.5 Å². The summed E-state index contributed by atoms with van der Waals surface area (Å²) in [6, 6.07) is 8.50. The summed E-state index contributed by atoms with van der Waals surface area (Å²) in [5.74, 6) is 0.649. The predicted octanol–water partition coefficient (Wildman–Crippen LogP) is 8.89. The summed E-state index contributed by atoms with van der Waals surface area (Å²) >= 11 is 13.6. The maximum atomic E-state index is 14.5. The number of nitrogen functional groups attached to an aromatic ring is 1. The molecule has 0 bridgehead atoms. The van der Waals surface area contributed by atoms with Gasteiger partial charge in [0, 0.05) is 65.7 Å². The summed E-state index contributed by atoms with van der Waals surface area (Å²) in [6.07, 6.45) is 0.105. The molecule has 0 radical (unpaired) electrons. The summed E-state index contributed by atoms with van der Waals surface area (Å²) < 4.78 is 28.4. The molecule has 2 N–H and O–H groups in total. The number of piperazine rings is 1. The van der Waals surface area contributed by atoms with Crippen molar-refractivity contribution in [2.75, 3.05) is 86.1 Å². The van der Waals surface area contributed by atoms with E-state index in [0.29, 0.717) is 32.8 Å². The molecule has 4 amide bonds. The number of rotatable bonds is 12. The van der Waals surface area contributed by atoms with Gasteiger partial charge in [-0.2, -0.15) is 0 Å². The zero-order valence-electron chi connectivity index (χ0n) is 36.1. The Labute approximate surface area is 358 Å². The molecule has 1 aromatic heterocycles. The van der Waals surface area contributed by atoms with Crippen LogP contribution in [-0.2, 0) is 14.2 Å². The Morgan fingerprint density at radius 1 is 0.847 bits per heavy atom. The number of nitrogens with zero attached hydrogens (tertiary/aromatic N) is 7. The van der Waals surface area contributed by atoms with Crippen molar-refractivity contribution in [2.45, 2.75) is 78.4 Å². The lowest BCUT2D eigenvalue weighted by Crippen LogP contribution is -2.50. The zero-order chi connectivity index (χ0) is 44.0. The van der Waals surface area contributed by atoms with Gasteiger partial charge in [0.15, 0.2) is 0 Å². The molecule has 1 aliphatic heterocycles. The normalized spacial score (nSPS) is 13.5. The third-order valence-electron chi connectivity index (χ3n) is 8.89. The fourth-order valence-electron chi connectivity index (χ4n) is 5.82. The average Bonchev–Trinajstić information content (AvgIpc) is 3.14. The first-order chi connectivity index (χ1) is 27.4. The Hall–Kier alpha value is -4.71. The van der Waals surface area contributed by atoms with Crippen LogP contribution in [0.25, 0.3) is 0 Å². The minimum Gasteiger partial charge on any atom is -0.495 e. The lowest BCUT2D eigenvalue weighted by atomic mass is 10.2. The topological polar surface area (TPSA) is 165 Å². The van der Waals surface area contributed by atoms with Gasteiger partial charge in [0.2, 0.25) is 0 Å². The van der Waals surface area contributed by atoms with E-state index in [4.69, 9.17) is 52.6 Å². The fraction of sp³-hybridized carbons (Fsp3) is 0.525. The van der Waals surface area contributed by atoms with Crippen molar-refractivity contribution in [3.63, 3.8) is 0 Å². The number of aromatic nitrogens is 2. The van der Waals surface area contributed by atoms with E-state index in [2.05, 4.69) is 34.5 Å². The monoisotopic (exact) mass is 876 g/mol. The molecule has 1 fully saturated rings. The third kappa shape index (κ3) is 12.4. The Morgan fingerprint density at radius 2 is 1.42 bits per heavy atom. The van der Waals surface area contributed by atoms with E-state index in [9.17, 15) is 14.4 Å². The SMILES string of the molecule is COc1cc(OC)c(Cl)c(N(COCC[Si](C)(C)C)C(=O)N(C)c2cc(N(C(=O)OC(C)(C)C)c3ccc(N4CCN(C(=O)OC(C)(C)C)CC4)cc3N)ncn2)c1Cl. The fourth-order valence-corrected chi connectivity index (χ4v) is 7.28. The van der Waals surface area contributed by atoms with Crippen LogP contribution in [0.3, 0.4) is 0 Å². The highest BCUT2D eigenvalue weighted by Gasteiger charge is 2.33. The first-order valence-electron chi connectivity index (χ1n) is 19.1. The van der Waals surface area contributed by atoms with E-state index in [-0.39, 0.29) is 63.1 Å². The molecular weight excluding hydrogens is 819 g/mol. The molecule has 0 unspecified atom stereocenters. The Morgan fingerprint density at radius 3 is 1.95 bits per heavy atom. The summed E-state index contributed by atoms with van der Waals surface area (Å²) in [5, 5.41) is 0.134. The lowest BCUT2D eigenvalue weighted by molar-refractivity contribution is 0.0240. The van der Waals surface area contributed by atoms with Gasteiger partial charge >= 0.3 is 18.2 Å². The van der Waals surface area contributed by atoms with E-state index in [1.807, 2.05) is 26.8 Å². The lowest BCUT2D eigenvalue weighted by Gasteiger charge is -2.37. The van der Waals surface area contributed by atoms with Gasteiger partial charge in [-0.1, -0.05) is 42.8 Å². The van der Waals surface area contributed by atoms with Crippen molar-refractivity contribution in [3.8, 4) is 11.5 Å². The number of ether oxygens (including phenoxy) is 5. The second-order valence-corrected chi connectivity index (χ2v) is 23.5. The molecule has 2 aromatic carbocycles. The highest BCUT2D eigenvalue weighted by Crippen LogP contribution is 2.46. The summed E-state index contributed by atoms with van der Waals surface area (Å²) in [5.41, 5.74) is 6.66. The molecular formula is C40H58Cl2N8O8Si. The van der Waals surface area contributed by atoms with Crippen molar-refractivity contribution in [3.05, 3.63) is 46.7 Å². The van der Waals surface area contributed by atoms with Gasteiger partial charge in [-0.15, -0.1) is 0 Å². The minimum absolute atomic E-state index is 0.0668. The van der Waals surface area contributed by atoms with E-state index >= 15 is 0 Å². The quantitative estimate of drug-likeness (QED) is 0.0796. The zero-order valence-corrected chi connectivity index (χ0v) is 38.7.